The van der Waals surface area contributed by atoms with Gasteiger partial charge in [-0.25, -0.2) is 4.79 Å². The van der Waals surface area contributed by atoms with E-state index in [0.29, 0.717) is 0 Å². The first-order valence-electron chi connectivity index (χ1n) is 5.32. The number of fused-ring (bicyclic) bond motifs is 1. The monoisotopic (exact) mass is 224 g/mol. The Labute approximate surface area is 99.5 Å². The summed E-state index contributed by atoms with van der Waals surface area (Å²) < 4.78 is 0. The van der Waals surface area contributed by atoms with E-state index in [9.17, 15) is 4.79 Å². The average molecular weight is 224 g/mol. The molecule has 0 atom stereocenters. The van der Waals surface area contributed by atoms with Crippen LogP contribution in [-0.4, -0.2) is 11.1 Å². The predicted octanol–water partition coefficient (Wildman–Crippen LogP) is 3.49. The van der Waals surface area contributed by atoms with E-state index < -0.39 is 5.97 Å². The van der Waals surface area contributed by atoms with E-state index in [2.05, 4.69) is 24.3 Å². The van der Waals surface area contributed by atoms with Crippen molar-refractivity contribution in [3.63, 3.8) is 0 Å². The molecule has 0 saturated carbocycles. The Morgan fingerprint density at radius 3 is 2.53 bits per heavy atom. The molecule has 0 aliphatic carbocycles. The van der Waals surface area contributed by atoms with Crippen molar-refractivity contribution in [1.29, 1.82) is 0 Å². The maximum atomic E-state index is 10.3. The summed E-state index contributed by atoms with van der Waals surface area (Å²) in [4.78, 5) is 10.3. The van der Waals surface area contributed by atoms with Gasteiger partial charge in [0.15, 0.2) is 0 Å². The molecule has 0 fully saturated rings. The van der Waals surface area contributed by atoms with Gasteiger partial charge in [0.1, 0.15) is 0 Å². The summed E-state index contributed by atoms with van der Waals surface area (Å²) in [6.07, 6.45) is 6.22. The standard InChI is InChI=1S/C15H12O2/c16-15(17)8-4-1-5-12-9-10-13-6-2-3-7-14(13)11-12/h1-11H,(H,16,17). The Balaban J connectivity index is 2.22. The molecule has 17 heavy (non-hydrogen) atoms. The Bertz CT molecular complexity index is 595. The Morgan fingerprint density at radius 2 is 1.76 bits per heavy atom. The summed E-state index contributed by atoms with van der Waals surface area (Å²) in [5, 5.41) is 10.8. The topological polar surface area (TPSA) is 37.3 Å². The van der Waals surface area contributed by atoms with Crippen molar-refractivity contribution >= 4 is 22.8 Å². The summed E-state index contributed by atoms with van der Waals surface area (Å²) in [6.45, 7) is 0. The summed E-state index contributed by atoms with van der Waals surface area (Å²) in [5.74, 6) is -0.937. The van der Waals surface area contributed by atoms with E-state index in [1.807, 2.05) is 24.3 Å². The summed E-state index contributed by atoms with van der Waals surface area (Å²) in [5.41, 5.74) is 1.05. The lowest BCUT2D eigenvalue weighted by molar-refractivity contribution is -0.131. The molecule has 2 nitrogen and oxygen atoms in total. The van der Waals surface area contributed by atoms with Crippen molar-refractivity contribution in [2.24, 2.45) is 0 Å². The molecule has 0 unspecified atom stereocenters. The third-order valence-electron chi connectivity index (χ3n) is 2.41. The van der Waals surface area contributed by atoms with Crippen LogP contribution in [0.3, 0.4) is 0 Å². The van der Waals surface area contributed by atoms with Gasteiger partial charge in [0.2, 0.25) is 0 Å². The normalized spacial score (nSPS) is 11.5. The molecule has 2 rings (SSSR count). The van der Waals surface area contributed by atoms with Crippen molar-refractivity contribution in [2.75, 3.05) is 0 Å². The highest BCUT2D eigenvalue weighted by molar-refractivity contribution is 5.85. The lowest BCUT2D eigenvalue weighted by atomic mass is 10.1. The minimum Gasteiger partial charge on any atom is -0.478 e. The second kappa shape index (κ2) is 5.12. The zero-order chi connectivity index (χ0) is 12.1. The largest absolute Gasteiger partial charge is 0.478 e. The molecule has 2 aromatic rings. The maximum Gasteiger partial charge on any atom is 0.328 e. The fourth-order valence-corrected chi connectivity index (χ4v) is 1.62. The summed E-state index contributed by atoms with van der Waals surface area (Å²) in [6, 6.07) is 14.3. The molecule has 84 valence electrons. The number of aliphatic carboxylic acids is 1. The van der Waals surface area contributed by atoms with Crippen LogP contribution in [0.1, 0.15) is 5.56 Å². The second-order valence-electron chi connectivity index (χ2n) is 3.66. The maximum absolute atomic E-state index is 10.3. The molecule has 0 bridgehead atoms. The predicted molar refractivity (Wildman–Crippen MR) is 69.8 cm³/mol. The molecule has 0 aliphatic heterocycles. The number of carboxylic acids is 1. The Morgan fingerprint density at radius 1 is 1.00 bits per heavy atom. The van der Waals surface area contributed by atoms with Crippen LogP contribution in [0.2, 0.25) is 0 Å². The number of benzene rings is 2. The van der Waals surface area contributed by atoms with Crippen LogP contribution in [0.25, 0.3) is 16.8 Å². The van der Waals surface area contributed by atoms with Crippen LogP contribution in [-0.2, 0) is 4.79 Å². The molecular weight excluding hydrogens is 212 g/mol. The molecule has 1 N–H and O–H groups in total. The number of carboxylic acid groups (broad SMARTS) is 1. The SMILES string of the molecule is O=C(O)C=CC=Cc1ccc2ccccc2c1. The van der Waals surface area contributed by atoms with Crippen LogP contribution < -0.4 is 0 Å². The minimum absolute atomic E-state index is 0.937. The van der Waals surface area contributed by atoms with Gasteiger partial charge in [-0.1, -0.05) is 54.6 Å². The van der Waals surface area contributed by atoms with E-state index in [1.165, 1.54) is 16.8 Å². The molecule has 0 aliphatic rings. The molecule has 2 aromatic carbocycles. The van der Waals surface area contributed by atoms with Crippen LogP contribution >= 0.6 is 0 Å². The number of carbonyl (C=O) groups is 1. The van der Waals surface area contributed by atoms with Gasteiger partial charge in [-0.05, 0) is 22.4 Å². The average Bonchev–Trinajstić information content (AvgIpc) is 2.34. The number of allylic oxidation sites excluding steroid dienone is 2. The molecule has 2 heteroatoms. The van der Waals surface area contributed by atoms with Gasteiger partial charge >= 0.3 is 5.97 Å². The molecule has 0 amide bonds. The molecule has 0 heterocycles. The van der Waals surface area contributed by atoms with Crippen LogP contribution in [0, 0.1) is 0 Å². The first-order valence-corrected chi connectivity index (χ1v) is 5.32. The van der Waals surface area contributed by atoms with Crippen molar-refractivity contribution < 1.29 is 9.90 Å². The van der Waals surface area contributed by atoms with Gasteiger partial charge in [0.05, 0.1) is 0 Å². The van der Waals surface area contributed by atoms with E-state index in [1.54, 1.807) is 6.08 Å². The van der Waals surface area contributed by atoms with E-state index in [0.717, 1.165) is 11.6 Å². The smallest absolute Gasteiger partial charge is 0.328 e. The molecule has 0 saturated heterocycles. The highest BCUT2D eigenvalue weighted by Gasteiger charge is 1.92. The van der Waals surface area contributed by atoms with E-state index in [4.69, 9.17) is 5.11 Å². The minimum atomic E-state index is -0.937. The first kappa shape index (κ1) is 11.1. The van der Waals surface area contributed by atoms with Gasteiger partial charge in [0, 0.05) is 6.08 Å². The van der Waals surface area contributed by atoms with Crippen molar-refractivity contribution in [2.45, 2.75) is 0 Å². The first-order chi connectivity index (χ1) is 8.25. The van der Waals surface area contributed by atoms with Crippen LogP contribution in [0.4, 0.5) is 0 Å². The van der Waals surface area contributed by atoms with Crippen molar-refractivity contribution in [3.8, 4) is 0 Å². The van der Waals surface area contributed by atoms with Gasteiger partial charge in [-0.15, -0.1) is 0 Å². The highest BCUT2D eigenvalue weighted by Crippen LogP contribution is 2.16. The Hall–Kier alpha value is -2.35. The fourth-order valence-electron chi connectivity index (χ4n) is 1.62. The third-order valence-corrected chi connectivity index (χ3v) is 2.41. The second-order valence-corrected chi connectivity index (χ2v) is 3.66. The van der Waals surface area contributed by atoms with Gasteiger partial charge in [-0.3, -0.25) is 0 Å². The molecule has 0 aromatic heterocycles. The van der Waals surface area contributed by atoms with Crippen LogP contribution in [0.15, 0.2) is 60.7 Å². The number of hydrogen-bond acceptors (Lipinski definition) is 1. The lowest BCUT2D eigenvalue weighted by Gasteiger charge is -1.98. The van der Waals surface area contributed by atoms with Crippen molar-refractivity contribution in [1.82, 2.24) is 0 Å². The van der Waals surface area contributed by atoms with Crippen LogP contribution in [0.5, 0.6) is 0 Å². The zero-order valence-corrected chi connectivity index (χ0v) is 9.21. The summed E-state index contributed by atoms with van der Waals surface area (Å²) >= 11 is 0. The Kier molecular flexibility index (Phi) is 3.36. The van der Waals surface area contributed by atoms with Crippen molar-refractivity contribution in [3.05, 3.63) is 66.3 Å². The van der Waals surface area contributed by atoms with Gasteiger partial charge in [-0.2, -0.15) is 0 Å². The van der Waals surface area contributed by atoms with Gasteiger partial charge < -0.3 is 5.11 Å². The molecular formula is C15H12O2. The molecule has 0 spiro atoms. The van der Waals surface area contributed by atoms with E-state index in [-0.39, 0.29) is 0 Å². The third kappa shape index (κ3) is 3.05. The fraction of sp³-hybridized carbons (Fsp3) is 0. The quantitative estimate of drug-likeness (QED) is 0.640. The summed E-state index contributed by atoms with van der Waals surface area (Å²) in [7, 11) is 0. The van der Waals surface area contributed by atoms with Gasteiger partial charge in [0.25, 0.3) is 0 Å². The highest BCUT2D eigenvalue weighted by atomic mass is 16.4. The lowest BCUT2D eigenvalue weighted by Crippen LogP contribution is -1.84. The number of rotatable bonds is 3. The molecule has 0 radical (unpaired) electrons. The zero-order valence-electron chi connectivity index (χ0n) is 9.21. The van der Waals surface area contributed by atoms with E-state index >= 15 is 0 Å². The number of hydrogen-bond donors (Lipinski definition) is 1.